The van der Waals surface area contributed by atoms with Crippen molar-refractivity contribution in [1.29, 1.82) is 0 Å². The molecule has 2 aromatic carbocycles. The van der Waals surface area contributed by atoms with E-state index < -0.39 is 16.1 Å². The fraction of sp³-hybridized carbons (Fsp3) is 0.222. The summed E-state index contributed by atoms with van der Waals surface area (Å²) < 4.78 is 34.2. The van der Waals surface area contributed by atoms with Crippen LogP contribution >= 0.6 is 0 Å². The number of hydrogen-bond acceptors (Lipinski definition) is 5. The second-order valence-electron chi connectivity index (χ2n) is 5.55. The summed E-state index contributed by atoms with van der Waals surface area (Å²) in [5.74, 6) is 0.325. The van der Waals surface area contributed by atoms with Crippen LogP contribution in [0.2, 0.25) is 0 Å². The summed E-state index contributed by atoms with van der Waals surface area (Å²) in [6.07, 6.45) is 3.11. The smallest absolute Gasteiger partial charge is 0.244 e. The number of nitrogens with one attached hydrogen (secondary N) is 1. The van der Waals surface area contributed by atoms with Crippen molar-refractivity contribution in [1.82, 2.24) is 19.7 Å². The monoisotopic (exact) mass is 372 g/mol. The number of para-hydroxylation sites is 1. The average molecular weight is 372 g/mol. The Morgan fingerprint density at radius 1 is 1.04 bits per heavy atom. The molecule has 26 heavy (non-hydrogen) atoms. The van der Waals surface area contributed by atoms with Crippen LogP contribution in [0.15, 0.2) is 71.9 Å². The highest BCUT2D eigenvalue weighted by molar-refractivity contribution is 7.89. The van der Waals surface area contributed by atoms with E-state index in [4.69, 9.17) is 4.74 Å². The molecule has 7 nitrogen and oxygen atoms in total. The van der Waals surface area contributed by atoms with Crippen LogP contribution in [0, 0.1) is 0 Å². The largest absolute Gasteiger partial charge is 0.492 e. The van der Waals surface area contributed by atoms with Crippen molar-refractivity contribution in [2.75, 3.05) is 6.61 Å². The highest BCUT2D eigenvalue weighted by atomic mass is 32.2. The van der Waals surface area contributed by atoms with E-state index in [0.29, 0.717) is 12.4 Å². The van der Waals surface area contributed by atoms with E-state index in [2.05, 4.69) is 14.9 Å². The van der Waals surface area contributed by atoms with Gasteiger partial charge in [-0.1, -0.05) is 42.5 Å². The third kappa shape index (κ3) is 4.27. The summed E-state index contributed by atoms with van der Waals surface area (Å²) in [6, 6.07) is 15.4. The van der Waals surface area contributed by atoms with Gasteiger partial charge < -0.3 is 4.74 Å². The van der Waals surface area contributed by atoms with E-state index >= 15 is 0 Å². The highest BCUT2D eigenvalue weighted by Gasteiger charge is 2.25. The molecule has 1 heterocycles. The fourth-order valence-electron chi connectivity index (χ4n) is 2.59. The van der Waals surface area contributed by atoms with E-state index in [1.54, 1.807) is 30.6 Å². The lowest BCUT2D eigenvalue weighted by Crippen LogP contribution is -2.32. The minimum atomic E-state index is -3.81. The Morgan fingerprint density at radius 2 is 1.69 bits per heavy atom. The molecule has 1 aromatic heterocycles. The highest BCUT2D eigenvalue weighted by Crippen LogP contribution is 2.25. The Kier molecular flexibility index (Phi) is 5.65. The van der Waals surface area contributed by atoms with Crippen LogP contribution in [0.25, 0.3) is 0 Å². The van der Waals surface area contributed by atoms with Gasteiger partial charge in [0.2, 0.25) is 10.0 Å². The molecule has 1 unspecified atom stereocenters. The summed E-state index contributed by atoms with van der Waals surface area (Å²) in [5.41, 5.74) is 0.822. The third-order valence-electron chi connectivity index (χ3n) is 3.75. The van der Waals surface area contributed by atoms with Gasteiger partial charge in [0.15, 0.2) is 0 Å². The Morgan fingerprint density at radius 3 is 2.38 bits per heavy atom. The summed E-state index contributed by atoms with van der Waals surface area (Å²) in [4.78, 5) is 1.56. The van der Waals surface area contributed by atoms with Crippen LogP contribution in [0.3, 0.4) is 0 Å². The molecule has 0 fully saturated rings. The minimum Gasteiger partial charge on any atom is -0.492 e. The van der Waals surface area contributed by atoms with Crippen LogP contribution in [-0.2, 0) is 16.6 Å². The maximum atomic E-state index is 13.0. The van der Waals surface area contributed by atoms with Gasteiger partial charge in [0.05, 0.1) is 31.6 Å². The van der Waals surface area contributed by atoms with Gasteiger partial charge in [-0.2, -0.15) is 15.0 Å². The summed E-state index contributed by atoms with van der Waals surface area (Å²) in [6.45, 7) is 2.46. The first-order chi connectivity index (χ1) is 12.6. The molecule has 0 amide bonds. The van der Waals surface area contributed by atoms with Gasteiger partial charge in [0, 0.05) is 0 Å². The molecule has 0 aliphatic rings. The van der Waals surface area contributed by atoms with Crippen molar-refractivity contribution in [3.63, 3.8) is 0 Å². The first kappa shape index (κ1) is 18.1. The molecule has 0 aliphatic heterocycles. The maximum absolute atomic E-state index is 13.0. The van der Waals surface area contributed by atoms with E-state index in [1.807, 2.05) is 37.3 Å². The van der Waals surface area contributed by atoms with Crippen LogP contribution < -0.4 is 9.46 Å². The second-order valence-corrected chi connectivity index (χ2v) is 7.23. The molecule has 3 aromatic rings. The molecule has 1 N–H and O–H groups in total. The van der Waals surface area contributed by atoms with Crippen LogP contribution in [0.4, 0.5) is 0 Å². The first-order valence-electron chi connectivity index (χ1n) is 8.23. The molecule has 0 aliphatic carbocycles. The van der Waals surface area contributed by atoms with E-state index in [1.165, 1.54) is 10.9 Å². The lowest BCUT2D eigenvalue weighted by molar-refractivity contribution is 0.330. The predicted molar refractivity (Wildman–Crippen MR) is 97.1 cm³/mol. The second kappa shape index (κ2) is 8.11. The van der Waals surface area contributed by atoms with Crippen LogP contribution in [0.1, 0.15) is 18.5 Å². The van der Waals surface area contributed by atoms with E-state index in [0.717, 1.165) is 5.56 Å². The van der Waals surface area contributed by atoms with Gasteiger partial charge in [0.25, 0.3) is 0 Å². The zero-order valence-corrected chi connectivity index (χ0v) is 15.1. The van der Waals surface area contributed by atoms with Gasteiger partial charge in [-0.25, -0.2) is 13.1 Å². The fourth-order valence-corrected chi connectivity index (χ4v) is 3.96. The Bertz CT molecular complexity index is 928. The van der Waals surface area contributed by atoms with Crippen molar-refractivity contribution >= 4 is 10.0 Å². The SMILES string of the molecule is CCOc1ccccc1S(=O)(=O)NC(Cn1nccn1)c1ccccc1. The molecule has 136 valence electrons. The molecule has 1 atom stereocenters. The molecule has 0 radical (unpaired) electrons. The number of sulfonamides is 1. The lowest BCUT2D eigenvalue weighted by Gasteiger charge is -2.20. The molecule has 0 saturated carbocycles. The normalized spacial score (nSPS) is 12.7. The molecular weight excluding hydrogens is 352 g/mol. The van der Waals surface area contributed by atoms with Gasteiger partial charge in [-0.05, 0) is 24.6 Å². The summed E-state index contributed by atoms with van der Waals surface area (Å²) >= 11 is 0. The molecule has 0 spiro atoms. The molecular formula is C18H20N4O3S. The van der Waals surface area contributed by atoms with E-state index in [9.17, 15) is 8.42 Å². The number of rotatable bonds is 8. The van der Waals surface area contributed by atoms with Gasteiger partial charge in [-0.3, -0.25) is 0 Å². The standard InChI is InChI=1S/C18H20N4O3S/c1-2-25-17-10-6-7-11-18(17)26(23,24)21-16(14-22-19-12-13-20-22)15-8-4-3-5-9-15/h3-13,16,21H,2,14H2,1H3. The molecule has 8 heteroatoms. The van der Waals surface area contributed by atoms with Crippen LogP contribution in [-0.4, -0.2) is 30.0 Å². The number of nitrogens with zero attached hydrogens (tertiary/aromatic N) is 3. The van der Waals surface area contributed by atoms with Gasteiger partial charge in [-0.15, -0.1) is 0 Å². The quantitative estimate of drug-likeness (QED) is 0.656. The first-order valence-corrected chi connectivity index (χ1v) is 9.71. The number of hydrogen-bond donors (Lipinski definition) is 1. The van der Waals surface area contributed by atoms with Crippen molar-refractivity contribution < 1.29 is 13.2 Å². The third-order valence-corrected chi connectivity index (χ3v) is 5.26. The van der Waals surface area contributed by atoms with Crippen molar-refractivity contribution in [2.45, 2.75) is 24.4 Å². The van der Waals surface area contributed by atoms with Crippen molar-refractivity contribution in [3.8, 4) is 5.75 Å². The Labute approximate surface area is 152 Å². The number of aromatic nitrogens is 3. The molecule has 0 saturated heterocycles. The topological polar surface area (TPSA) is 86.1 Å². The lowest BCUT2D eigenvalue weighted by atomic mass is 10.1. The van der Waals surface area contributed by atoms with Crippen LogP contribution in [0.5, 0.6) is 5.75 Å². The zero-order valence-electron chi connectivity index (χ0n) is 14.3. The Hall–Kier alpha value is -2.71. The number of ether oxygens (including phenoxy) is 1. The van der Waals surface area contributed by atoms with Gasteiger partial charge >= 0.3 is 0 Å². The predicted octanol–water partition coefficient (Wildman–Crippen LogP) is 2.40. The zero-order chi connectivity index (χ0) is 18.4. The van der Waals surface area contributed by atoms with Crippen molar-refractivity contribution in [2.24, 2.45) is 0 Å². The number of benzene rings is 2. The summed E-state index contributed by atoms with van der Waals surface area (Å²) in [5, 5.41) is 8.15. The minimum absolute atomic E-state index is 0.108. The summed E-state index contributed by atoms with van der Waals surface area (Å²) in [7, 11) is -3.81. The Balaban J connectivity index is 1.93. The molecule has 0 bridgehead atoms. The maximum Gasteiger partial charge on any atom is 0.244 e. The van der Waals surface area contributed by atoms with Gasteiger partial charge in [0.1, 0.15) is 10.6 Å². The molecule has 3 rings (SSSR count). The van der Waals surface area contributed by atoms with E-state index in [-0.39, 0.29) is 11.4 Å². The van der Waals surface area contributed by atoms with Crippen molar-refractivity contribution in [3.05, 3.63) is 72.6 Å². The average Bonchev–Trinajstić information content (AvgIpc) is 3.15.